The lowest BCUT2D eigenvalue weighted by Crippen LogP contribution is -2.35. The number of hydrogen-bond donors (Lipinski definition) is 1. The van der Waals surface area contributed by atoms with E-state index in [4.69, 9.17) is 0 Å². The van der Waals surface area contributed by atoms with Crippen LogP contribution in [0, 0.1) is 5.92 Å². The maximum atomic E-state index is 11.9. The maximum absolute atomic E-state index is 11.9. The number of benzene rings is 1. The van der Waals surface area contributed by atoms with Crippen LogP contribution in [0.15, 0.2) is 29.3 Å². The van der Waals surface area contributed by atoms with Gasteiger partial charge in [0.1, 0.15) is 0 Å². The largest absolute Gasteiger partial charge is 0.349 e. The van der Waals surface area contributed by atoms with E-state index in [1.165, 1.54) is 0 Å². The van der Waals surface area contributed by atoms with Crippen LogP contribution in [0.3, 0.4) is 0 Å². The molecule has 0 aromatic heterocycles. The number of anilines is 1. The Morgan fingerprint density at radius 3 is 2.35 bits per heavy atom. The predicted molar refractivity (Wildman–Crippen MR) is 108 cm³/mol. The van der Waals surface area contributed by atoms with E-state index in [0.29, 0.717) is 6.54 Å². The topological polar surface area (TPSA) is 47.9 Å². The standard InChI is InChI=1S/C17H28N4O.HI/c1-7-13(2)16(22)19-15-10-8-9-14(11-15)12-18-17(20(3)4)21(5)6;/h8-11,13H,7,12H2,1-6H3,(H,19,22);1H. The number of carbonyl (C=O) groups excluding carboxylic acids is 1. The second-order valence-electron chi connectivity index (χ2n) is 5.90. The minimum atomic E-state index is 0. The Morgan fingerprint density at radius 1 is 1.22 bits per heavy atom. The van der Waals surface area contributed by atoms with Gasteiger partial charge in [-0.25, -0.2) is 4.99 Å². The van der Waals surface area contributed by atoms with Gasteiger partial charge in [-0.1, -0.05) is 26.0 Å². The molecule has 1 rings (SSSR count). The summed E-state index contributed by atoms with van der Waals surface area (Å²) in [6, 6.07) is 7.85. The molecule has 0 heterocycles. The van der Waals surface area contributed by atoms with Gasteiger partial charge >= 0.3 is 0 Å². The molecule has 1 atom stereocenters. The molecule has 1 aromatic rings. The summed E-state index contributed by atoms with van der Waals surface area (Å²) in [6.45, 7) is 4.53. The SMILES string of the molecule is CCC(C)C(=O)Nc1cccc(CN=C(N(C)C)N(C)C)c1.I. The maximum Gasteiger partial charge on any atom is 0.227 e. The Labute approximate surface area is 157 Å². The first kappa shape index (κ1) is 21.7. The lowest BCUT2D eigenvalue weighted by atomic mass is 10.1. The van der Waals surface area contributed by atoms with Crippen LogP contribution in [0.25, 0.3) is 0 Å². The Balaban J connectivity index is 0.00000484. The highest BCUT2D eigenvalue weighted by Gasteiger charge is 2.10. The van der Waals surface area contributed by atoms with Crippen LogP contribution in [0.5, 0.6) is 0 Å². The number of guanidine groups is 1. The number of rotatable bonds is 5. The number of halogens is 1. The van der Waals surface area contributed by atoms with Crippen molar-refractivity contribution in [3.8, 4) is 0 Å². The highest BCUT2D eigenvalue weighted by molar-refractivity contribution is 14.0. The lowest BCUT2D eigenvalue weighted by Gasteiger charge is -2.22. The third-order valence-electron chi connectivity index (χ3n) is 3.46. The smallest absolute Gasteiger partial charge is 0.227 e. The molecule has 0 spiro atoms. The third kappa shape index (κ3) is 7.20. The number of aliphatic imine (C=N–C) groups is 1. The molecule has 1 aromatic carbocycles. The van der Waals surface area contributed by atoms with E-state index < -0.39 is 0 Å². The molecule has 0 saturated heterocycles. The summed E-state index contributed by atoms with van der Waals surface area (Å²) in [7, 11) is 7.90. The number of nitrogens with one attached hydrogen (secondary N) is 1. The first-order chi connectivity index (χ1) is 10.3. The predicted octanol–water partition coefficient (Wildman–Crippen LogP) is 3.27. The summed E-state index contributed by atoms with van der Waals surface area (Å²) in [5.74, 6) is 0.996. The zero-order chi connectivity index (χ0) is 16.7. The van der Waals surface area contributed by atoms with Crippen LogP contribution in [0.1, 0.15) is 25.8 Å². The molecule has 5 nitrogen and oxygen atoms in total. The highest BCUT2D eigenvalue weighted by atomic mass is 127. The van der Waals surface area contributed by atoms with E-state index in [-0.39, 0.29) is 35.8 Å². The van der Waals surface area contributed by atoms with Gasteiger partial charge in [-0.3, -0.25) is 4.79 Å². The zero-order valence-electron chi connectivity index (χ0n) is 15.0. The normalized spacial score (nSPS) is 11.0. The molecular formula is C17H29IN4O. The molecule has 0 aliphatic rings. The van der Waals surface area contributed by atoms with Crippen molar-refractivity contribution in [1.82, 2.24) is 9.80 Å². The Bertz CT molecular complexity index is 519. The molecule has 1 amide bonds. The molecule has 0 radical (unpaired) electrons. The Hall–Kier alpha value is -1.31. The molecule has 6 heteroatoms. The Kier molecular flexibility index (Phi) is 9.87. The van der Waals surface area contributed by atoms with Crippen molar-refractivity contribution in [3.05, 3.63) is 29.8 Å². The fourth-order valence-electron chi connectivity index (χ4n) is 2.04. The molecule has 0 aliphatic heterocycles. The van der Waals surface area contributed by atoms with Crippen molar-refractivity contribution in [3.63, 3.8) is 0 Å². The number of hydrogen-bond acceptors (Lipinski definition) is 2. The first-order valence-electron chi connectivity index (χ1n) is 7.64. The molecule has 0 saturated carbocycles. The second-order valence-corrected chi connectivity index (χ2v) is 5.90. The van der Waals surface area contributed by atoms with Gasteiger partial charge in [-0.15, -0.1) is 24.0 Å². The summed E-state index contributed by atoms with van der Waals surface area (Å²) < 4.78 is 0. The van der Waals surface area contributed by atoms with E-state index in [9.17, 15) is 4.79 Å². The van der Waals surface area contributed by atoms with Gasteiger partial charge in [-0.2, -0.15) is 0 Å². The van der Waals surface area contributed by atoms with Gasteiger partial charge in [0.25, 0.3) is 0 Å². The van der Waals surface area contributed by atoms with E-state index in [1.54, 1.807) is 0 Å². The van der Waals surface area contributed by atoms with Crippen LogP contribution in [0.2, 0.25) is 0 Å². The summed E-state index contributed by atoms with van der Waals surface area (Å²) >= 11 is 0. The van der Waals surface area contributed by atoms with Crippen molar-refractivity contribution in [2.75, 3.05) is 33.5 Å². The van der Waals surface area contributed by atoms with Crippen LogP contribution < -0.4 is 5.32 Å². The summed E-state index contributed by atoms with van der Waals surface area (Å²) in [6.07, 6.45) is 0.838. The summed E-state index contributed by atoms with van der Waals surface area (Å²) in [4.78, 5) is 20.5. The van der Waals surface area contributed by atoms with Crippen molar-refractivity contribution in [2.45, 2.75) is 26.8 Å². The first-order valence-corrected chi connectivity index (χ1v) is 7.64. The van der Waals surface area contributed by atoms with E-state index in [2.05, 4.69) is 10.3 Å². The van der Waals surface area contributed by atoms with E-state index in [0.717, 1.165) is 23.6 Å². The fourth-order valence-corrected chi connectivity index (χ4v) is 2.04. The monoisotopic (exact) mass is 432 g/mol. The van der Waals surface area contributed by atoms with Gasteiger partial charge in [0.05, 0.1) is 6.54 Å². The van der Waals surface area contributed by atoms with Gasteiger partial charge in [0.15, 0.2) is 5.96 Å². The number of amides is 1. The third-order valence-corrected chi connectivity index (χ3v) is 3.46. The zero-order valence-corrected chi connectivity index (χ0v) is 17.3. The van der Waals surface area contributed by atoms with Crippen LogP contribution >= 0.6 is 24.0 Å². The van der Waals surface area contributed by atoms with Crippen molar-refractivity contribution in [1.29, 1.82) is 0 Å². The molecule has 0 fully saturated rings. The van der Waals surface area contributed by atoms with E-state index in [1.807, 2.05) is 76.1 Å². The molecular weight excluding hydrogens is 403 g/mol. The average Bonchev–Trinajstić information content (AvgIpc) is 2.46. The average molecular weight is 432 g/mol. The van der Waals surface area contributed by atoms with Gasteiger partial charge in [-0.05, 0) is 24.1 Å². The number of carbonyl (C=O) groups is 1. The minimum absolute atomic E-state index is 0. The summed E-state index contributed by atoms with van der Waals surface area (Å²) in [5.41, 5.74) is 1.90. The lowest BCUT2D eigenvalue weighted by molar-refractivity contribution is -0.119. The Morgan fingerprint density at radius 2 is 1.83 bits per heavy atom. The molecule has 1 N–H and O–H groups in total. The molecule has 1 unspecified atom stereocenters. The number of nitrogens with zero attached hydrogens (tertiary/aromatic N) is 3. The fraction of sp³-hybridized carbons (Fsp3) is 0.529. The van der Waals surface area contributed by atoms with E-state index >= 15 is 0 Å². The van der Waals surface area contributed by atoms with Crippen LogP contribution in [0.4, 0.5) is 5.69 Å². The van der Waals surface area contributed by atoms with Crippen LogP contribution in [-0.4, -0.2) is 49.9 Å². The van der Waals surface area contributed by atoms with Crippen molar-refractivity contribution >= 4 is 41.5 Å². The molecule has 0 aliphatic carbocycles. The van der Waals surface area contributed by atoms with Gasteiger partial charge in [0.2, 0.25) is 5.91 Å². The van der Waals surface area contributed by atoms with Crippen LogP contribution in [-0.2, 0) is 11.3 Å². The molecule has 0 bridgehead atoms. The minimum Gasteiger partial charge on any atom is -0.349 e. The van der Waals surface area contributed by atoms with Gasteiger partial charge in [0, 0.05) is 39.8 Å². The molecule has 23 heavy (non-hydrogen) atoms. The highest BCUT2D eigenvalue weighted by Crippen LogP contribution is 2.14. The van der Waals surface area contributed by atoms with Crippen molar-refractivity contribution < 1.29 is 4.79 Å². The second kappa shape index (κ2) is 10.5. The summed E-state index contributed by atoms with van der Waals surface area (Å²) in [5, 5.41) is 2.96. The van der Waals surface area contributed by atoms with Crippen molar-refractivity contribution in [2.24, 2.45) is 10.9 Å². The van der Waals surface area contributed by atoms with Gasteiger partial charge < -0.3 is 15.1 Å². The quantitative estimate of drug-likeness (QED) is 0.442. The molecule has 130 valence electrons.